The minimum absolute atomic E-state index is 0.224. The normalized spacial score (nSPS) is 17.6. The maximum Gasteiger partial charge on any atom is 0.451 e. The lowest BCUT2D eigenvalue weighted by atomic mass is 9.92. The third kappa shape index (κ3) is 3.46. The molecule has 0 radical (unpaired) electrons. The van der Waals surface area contributed by atoms with Crippen molar-refractivity contribution < 1.29 is 13.2 Å². The van der Waals surface area contributed by atoms with Crippen LogP contribution in [-0.2, 0) is 19.3 Å². The van der Waals surface area contributed by atoms with Crippen molar-refractivity contribution >= 4 is 0 Å². The lowest BCUT2D eigenvalue weighted by molar-refractivity contribution is -0.148. The van der Waals surface area contributed by atoms with Crippen molar-refractivity contribution in [1.82, 2.24) is 19.7 Å². The Balaban J connectivity index is 2.04. The van der Waals surface area contributed by atoms with Crippen LogP contribution < -0.4 is 0 Å². The summed E-state index contributed by atoms with van der Waals surface area (Å²) in [6.45, 7) is 8.70. The first-order valence-corrected chi connectivity index (χ1v) is 6.38. The molecule has 0 fully saturated rings. The maximum absolute atomic E-state index is 12.7. The molecular weight excluding hydrogens is 257 g/mol. The van der Waals surface area contributed by atoms with Gasteiger partial charge in [0.15, 0.2) is 0 Å². The van der Waals surface area contributed by atoms with Crippen molar-refractivity contribution in [2.75, 3.05) is 13.1 Å². The fraction of sp³-hybridized carbons (Fsp3) is 0.833. The van der Waals surface area contributed by atoms with E-state index >= 15 is 0 Å². The maximum atomic E-state index is 12.7. The van der Waals surface area contributed by atoms with E-state index in [0.29, 0.717) is 25.5 Å². The molecule has 7 heteroatoms. The summed E-state index contributed by atoms with van der Waals surface area (Å²) in [5.74, 6) is -0.467. The van der Waals surface area contributed by atoms with E-state index in [2.05, 4.69) is 35.9 Å². The molecular formula is C12H19F3N4. The minimum atomic E-state index is -4.42. The van der Waals surface area contributed by atoms with Crippen LogP contribution in [0.3, 0.4) is 0 Å². The molecule has 1 aliphatic heterocycles. The van der Waals surface area contributed by atoms with E-state index < -0.39 is 12.0 Å². The zero-order valence-electron chi connectivity index (χ0n) is 11.5. The molecule has 0 saturated carbocycles. The molecule has 1 aromatic rings. The molecule has 1 aliphatic rings. The number of fused-ring (bicyclic) bond motifs is 1. The number of nitrogens with zero attached hydrogens (tertiary/aromatic N) is 4. The Hall–Kier alpha value is -1.11. The average molecular weight is 276 g/mol. The van der Waals surface area contributed by atoms with E-state index in [1.165, 1.54) is 4.57 Å². The molecule has 0 aliphatic carbocycles. The zero-order chi connectivity index (χ0) is 14.3. The summed E-state index contributed by atoms with van der Waals surface area (Å²) in [6.07, 6.45) is -3.41. The largest absolute Gasteiger partial charge is 0.451 e. The van der Waals surface area contributed by atoms with Gasteiger partial charge < -0.3 is 4.57 Å². The van der Waals surface area contributed by atoms with Gasteiger partial charge in [-0.2, -0.15) is 13.2 Å². The van der Waals surface area contributed by atoms with Gasteiger partial charge in [-0.1, -0.05) is 20.8 Å². The smallest absolute Gasteiger partial charge is 0.305 e. The second-order valence-corrected chi connectivity index (χ2v) is 6.18. The summed E-state index contributed by atoms with van der Waals surface area (Å²) < 4.78 is 39.2. The Bertz CT molecular complexity index is 445. The van der Waals surface area contributed by atoms with Gasteiger partial charge in [-0.15, -0.1) is 10.2 Å². The second kappa shape index (κ2) is 4.77. The number of hydrogen-bond acceptors (Lipinski definition) is 3. The summed E-state index contributed by atoms with van der Waals surface area (Å²) in [7, 11) is 0. The van der Waals surface area contributed by atoms with Crippen LogP contribution in [-0.4, -0.2) is 32.8 Å². The molecule has 0 N–H and O–H groups in total. The van der Waals surface area contributed by atoms with Crippen molar-refractivity contribution in [3.8, 4) is 0 Å². The van der Waals surface area contributed by atoms with Crippen LogP contribution in [0.15, 0.2) is 0 Å². The lowest BCUT2D eigenvalue weighted by Gasteiger charge is -2.30. The van der Waals surface area contributed by atoms with Gasteiger partial charge >= 0.3 is 6.18 Å². The molecule has 2 rings (SSSR count). The molecule has 0 spiro atoms. The van der Waals surface area contributed by atoms with Crippen molar-refractivity contribution in [3.63, 3.8) is 0 Å². The molecule has 1 aromatic heterocycles. The first-order chi connectivity index (χ1) is 8.67. The third-order valence-electron chi connectivity index (χ3n) is 3.26. The van der Waals surface area contributed by atoms with Gasteiger partial charge in [0, 0.05) is 13.1 Å². The topological polar surface area (TPSA) is 34.0 Å². The highest BCUT2D eigenvalue weighted by Crippen LogP contribution is 2.29. The van der Waals surface area contributed by atoms with E-state index in [0.717, 1.165) is 13.0 Å². The summed E-state index contributed by atoms with van der Waals surface area (Å²) >= 11 is 0. The van der Waals surface area contributed by atoms with E-state index in [1.807, 2.05) is 0 Å². The first-order valence-electron chi connectivity index (χ1n) is 6.38. The van der Waals surface area contributed by atoms with Crippen LogP contribution in [0.25, 0.3) is 0 Å². The van der Waals surface area contributed by atoms with E-state index in [4.69, 9.17) is 0 Å². The fourth-order valence-electron chi connectivity index (χ4n) is 2.10. The van der Waals surface area contributed by atoms with Gasteiger partial charge in [0.25, 0.3) is 0 Å². The number of alkyl halides is 3. The standard InChI is InChI=1S/C12H19F3N4/c1-11(2,3)4-5-18-6-7-19-9(8-18)16-17-10(19)12(13,14)15/h4-8H2,1-3H3. The van der Waals surface area contributed by atoms with E-state index in [9.17, 15) is 13.2 Å². The van der Waals surface area contributed by atoms with Crippen LogP contribution in [0, 0.1) is 5.41 Å². The Morgan fingerprint density at radius 1 is 1.11 bits per heavy atom. The van der Waals surface area contributed by atoms with E-state index in [-0.39, 0.29) is 5.41 Å². The highest BCUT2D eigenvalue weighted by molar-refractivity contribution is 5.02. The van der Waals surface area contributed by atoms with Crippen molar-refractivity contribution in [2.24, 2.45) is 5.41 Å². The summed E-state index contributed by atoms with van der Waals surface area (Å²) in [5, 5.41) is 6.94. The van der Waals surface area contributed by atoms with Gasteiger partial charge in [-0.3, -0.25) is 4.90 Å². The van der Waals surface area contributed by atoms with Crippen LogP contribution in [0.1, 0.15) is 38.8 Å². The molecule has 0 atom stereocenters. The highest BCUT2D eigenvalue weighted by atomic mass is 19.4. The van der Waals surface area contributed by atoms with Crippen LogP contribution in [0.5, 0.6) is 0 Å². The van der Waals surface area contributed by atoms with Gasteiger partial charge in [0.1, 0.15) is 5.82 Å². The van der Waals surface area contributed by atoms with Crippen LogP contribution in [0.2, 0.25) is 0 Å². The molecule has 0 saturated heterocycles. The van der Waals surface area contributed by atoms with Gasteiger partial charge in [-0.25, -0.2) is 0 Å². The first kappa shape index (κ1) is 14.3. The molecule has 0 aromatic carbocycles. The number of rotatable bonds is 2. The predicted molar refractivity (Wildman–Crippen MR) is 64.4 cm³/mol. The van der Waals surface area contributed by atoms with Crippen molar-refractivity contribution in [3.05, 3.63) is 11.6 Å². The van der Waals surface area contributed by atoms with Gasteiger partial charge in [-0.05, 0) is 18.4 Å². The molecule has 19 heavy (non-hydrogen) atoms. The second-order valence-electron chi connectivity index (χ2n) is 6.18. The average Bonchev–Trinajstić information content (AvgIpc) is 2.67. The number of halogens is 3. The Labute approximate surface area is 110 Å². The quantitative estimate of drug-likeness (QED) is 0.832. The Morgan fingerprint density at radius 3 is 2.37 bits per heavy atom. The molecule has 108 valence electrons. The fourth-order valence-corrected chi connectivity index (χ4v) is 2.10. The predicted octanol–water partition coefficient (Wildman–Crippen LogP) is 2.55. The summed E-state index contributed by atoms with van der Waals surface area (Å²) in [4.78, 5) is 2.13. The van der Waals surface area contributed by atoms with E-state index in [1.54, 1.807) is 0 Å². The van der Waals surface area contributed by atoms with Crippen LogP contribution in [0.4, 0.5) is 13.2 Å². The highest BCUT2D eigenvalue weighted by Gasteiger charge is 2.39. The number of hydrogen-bond donors (Lipinski definition) is 0. The number of aromatic nitrogens is 3. The minimum Gasteiger partial charge on any atom is -0.305 e. The Kier molecular flexibility index (Phi) is 3.59. The molecule has 0 unspecified atom stereocenters. The summed E-state index contributed by atoms with van der Waals surface area (Å²) in [6, 6.07) is 0. The van der Waals surface area contributed by atoms with Gasteiger partial charge in [0.05, 0.1) is 6.54 Å². The monoisotopic (exact) mass is 276 g/mol. The SMILES string of the molecule is CC(C)(C)CCN1CCn2c(nnc2C(F)(F)F)C1. The van der Waals surface area contributed by atoms with Gasteiger partial charge in [0.2, 0.25) is 5.82 Å². The van der Waals surface area contributed by atoms with Crippen molar-refractivity contribution in [2.45, 2.75) is 46.5 Å². The van der Waals surface area contributed by atoms with Crippen LogP contribution >= 0.6 is 0 Å². The molecule has 0 bridgehead atoms. The zero-order valence-corrected chi connectivity index (χ0v) is 11.5. The molecule has 4 nitrogen and oxygen atoms in total. The third-order valence-corrected chi connectivity index (χ3v) is 3.26. The lowest BCUT2D eigenvalue weighted by Crippen LogP contribution is -2.36. The van der Waals surface area contributed by atoms with Crippen molar-refractivity contribution in [1.29, 1.82) is 0 Å². The molecule has 0 amide bonds. The molecule has 2 heterocycles. The Morgan fingerprint density at radius 2 is 1.79 bits per heavy atom. The summed E-state index contributed by atoms with van der Waals surface area (Å²) in [5.41, 5.74) is 0.224.